The van der Waals surface area contributed by atoms with E-state index in [1.54, 1.807) is 29.6 Å². The molecular weight excluding hydrogens is 362 g/mol. The maximum absolute atomic E-state index is 12.5. The van der Waals surface area contributed by atoms with Crippen LogP contribution in [-0.2, 0) is 0 Å². The Morgan fingerprint density at radius 2 is 1.78 bits per heavy atom. The second-order valence-corrected chi connectivity index (χ2v) is 7.76. The van der Waals surface area contributed by atoms with Gasteiger partial charge in [-0.1, -0.05) is 6.07 Å². The van der Waals surface area contributed by atoms with Crippen LogP contribution in [-0.4, -0.2) is 39.9 Å². The van der Waals surface area contributed by atoms with E-state index >= 15 is 0 Å². The van der Waals surface area contributed by atoms with E-state index in [2.05, 4.69) is 48.2 Å². The van der Waals surface area contributed by atoms with Gasteiger partial charge in [0.05, 0.1) is 6.17 Å². The van der Waals surface area contributed by atoms with E-state index in [1.807, 2.05) is 6.92 Å². The Kier molecular flexibility index (Phi) is 6.92. The van der Waals surface area contributed by atoms with Gasteiger partial charge in [0.25, 0.3) is 11.8 Å². The summed E-state index contributed by atoms with van der Waals surface area (Å²) in [6.45, 7) is 10.3. The number of nitrogen functional groups attached to an aromatic ring is 1. The summed E-state index contributed by atoms with van der Waals surface area (Å²) >= 11 is 1.20. The minimum Gasteiger partial charge on any atom is -0.399 e. The number of nitrogens with two attached hydrogens (primary N) is 1. The highest BCUT2D eigenvalue weighted by Gasteiger charge is 2.23. The predicted molar refractivity (Wildman–Crippen MR) is 110 cm³/mol. The lowest BCUT2D eigenvalue weighted by Crippen LogP contribution is -2.52. The van der Waals surface area contributed by atoms with Gasteiger partial charge in [0.15, 0.2) is 5.13 Å². The topological polar surface area (TPSA) is 100 Å². The second-order valence-electron chi connectivity index (χ2n) is 6.90. The number of amides is 2. The molecule has 1 atom stereocenters. The van der Waals surface area contributed by atoms with Crippen molar-refractivity contribution in [1.29, 1.82) is 0 Å². The predicted octanol–water partition coefficient (Wildman–Crippen LogP) is 3.17. The van der Waals surface area contributed by atoms with Gasteiger partial charge in [-0.05, 0) is 52.8 Å². The van der Waals surface area contributed by atoms with Crippen molar-refractivity contribution in [3.8, 4) is 0 Å². The van der Waals surface area contributed by atoms with Gasteiger partial charge >= 0.3 is 0 Å². The highest BCUT2D eigenvalue weighted by molar-refractivity contribution is 7.14. The van der Waals surface area contributed by atoms with E-state index in [9.17, 15) is 9.59 Å². The van der Waals surface area contributed by atoms with Gasteiger partial charge in [-0.15, -0.1) is 11.3 Å². The maximum atomic E-state index is 12.5. The molecule has 27 heavy (non-hydrogen) atoms. The number of anilines is 2. The van der Waals surface area contributed by atoms with Gasteiger partial charge in [-0.25, -0.2) is 4.98 Å². The molecule has 0 saturated carbocycles. The van der Waals surface area contributed by atoms with Crippen LogP contribution >= 0.6 is 11.3 Å². The van der Waals surface area contributed by atoms with Crippen LogP contribution in [0.1, 0.15) is 55.5 Å². The van der Waals surface area contributed by atoms with E-state index in [1.165, 1.54) is 11.3 Å². The molecule has 2 amide bonds. The summed E-state index contributed by atoms with van der Waals surface area (Å²) in [5.41, 5.74) is 6.93. The lowest BCUT2D eigenvalue weighted by Gasteiger charge is -2.36. The van der Waals surface area contributed by atoms with Crippen LogP contribution in [0.25, 0.3) is 0 Å². The van der Waals surface area contributed by atoms with Gasteiger partial charge in [0.2, 0.25) is 0 Å². The van der Waals surface area contributed by atoms with Crippen molar-refractivity contribution in [1.82, 2.24) is 15.2 Å². The van der Waals surface area contributed by atoms with Crippen LogP contribution < -0.4 is 16.4 Å². The first kappa shape index (κ1) is 20.9. The highest BCUT2D eigenvalue weighted by Crippen LogP contribution is 2.18. The molecule has 2 aromatic rings. The zero-order valence-corrected chi connectivity index (χ0v) is 17.1. The summed E-state index contributed by atoms with van der Waals surface area (Å²) in [7, 11) is 0. The number of carbonyl (C=O) groups excluding carboxylic acids is 2. The Labute approximate surface area is 164 Å². The molecule has 0 bridgehead atoms. The van der Waals surface area contributed by atoms with Gasteiger partial charge < -0.3 is 11.1 Å². The Morgan fingerprint density at radius 3 is 2.37 bits per heavy atom. The lowest BCUT2D eigenvalue weighted by atomic mass is 10.2. The van der Waals surface area contributed by atoms with Crippen LogP contribution in [0.4, 0.5) is 10.8 Å². The summed E-state index contributed by atoms with van der Waals surface area (Å²) in [6, 6.07) is 7.27. The molecule has 1 aromatic carbocycles. The molecule has 146 valence electrons. The molecule has 7 nitrogen and oxygen atoms in total. The van der Waals surface area contributed by atoms with Gasteiger partial charge in [-0.2, -0.15) is 0 Å². The molecule has 1 heterocycles. The molecule has 0 spiro atoms. The molecule has 0 aliphatic heterocycles. The minimum atomic E-state index is -0.317. The fourth-order valence-electron chi connectivity index (χ4n) is 3.11. The zero-order valence-electron chi connectivity index (χ0n) is 16.3. The van der Waals surface area contributed by atoms with Crippen molar-refractivity contribution >= 4 is 34.0 Å². The van der Waals surface area contributed by atoms with Crippen molar-refractivity contribution in [2.75, 3.05) is 11.1 Å². The fraction of sp³-hybridized carbons (Fsp3) is 0.421. The summed E-state index contributed by atoms with van der Waals surface area (Å²) in [6.07, 6.45) is -0.135. The zero-order chi connectivity index (χ0) is 20.1. The smallest absolute Gasteiger partial charge is 0.272 e. The molecule has 0 fully saturated rings. The van der Waals surface area contributed by atoms with Crippen molar-refractivity contribution in [2.45, 2.75) is 52.9 Å². The van der Waals surface area contributed by atoms with E-state index < -0.39 is 0 Å². The largest absolute Gasteiger partial charge is 0.399 e. The molecule has 0 radical (unpaired) electrons. The van der Waals surface area contributed by atoms with Crippen molar-refractivity contribution < 1.29 is 9.59 Å². The van der Waals surface area contributed by atoms with Gasteiger partial charge in [-0.3, -0.25) is 19.8 Å². The third kappa shape index (κ3) is 5.51. The number of benzene rings is 1. The Hall–Kier alpha value is -2.45. The van der Waals surface area contributed by atoms with Crippen molar-refractivity contribution in [3.63, 3.8) is 0 Å². The summed E-state index contributed by atoms with van der Waals surface area (Å²) in [4.78, 5) is 31.2. The molecule has 0 aliphatic carbocycles. The molecular formula is C19H27N5O2S. The number of thiazole rings is 1. The number of nitrogens with zero attached hydrogens (tertiary/aromatic N) is 2. The molecule has 2 rings (SSSR count). The van der Waals surface area contributed by atoms with E-state index in [0.29, 0.717) is 28.5 Å². The summed E-state index contributed by atoms with van der Waals surface area (Å²) in [5, 5.41) is 7.66. The van der Waals surface area contributed by atoms with Gasteiger partial charge in [0, 0.05) is 28.7 Å². The van der Waals surface area contributed by atoms with Crippen LogP contribution in [0.3, 0.4) is 0 Å². The molecule has 4 N–H and O–H groups in total. The normalized spacial score (nSPS) is 12.4. The van der Waals surface area contributed by atoms with E-state index in [-0.39, 0.29) is 23.7 Å². The monoisotopic (exact) mass is 389 g/mol. The number of rotatable bonds is 7. The first-order valence-electron chi connectivity index (χ1n) is 8.89. The van der Waals surface area contributed by atoms with Crippen LogP contribution in [0.15, 0.2) is 29.6 Å². The van der Waals surface area contributed by atoms with Crippen molar-refractivity contribution in [3.05, 3.63) is 40.9 Å². The number of carbonyl (C=O) groups is 2. The molecule has 1 unspecified atom stereocenters. The number of nitrogens with one attached hydrogen (secondary N) is 2. The standard InChI is InChI=1S/C19H27N5O2S/c1-11(2)24(12(3)4)13(5)21-18(26)16-10-27-19(22-16)23-17(25)14-7-6-8-15(20)9-14/h6-13H,20H2,1-5H3,(H,21,26)(H,22,23,25). The van der Waals surface area contributed by atoms with E-state index in [4.69, 9.17) is 5.73 Å². The Balaban J connectivity index is 2.02. The lowest BCUT2D eigenvalue weighted by molar-refractivity contribution is 0.0732. The van der Waals surface area contributed by atoms with E-state index in [0.717, 1.165) is 0 Å². The average Bonchev–Trinajstić information content (AvgIpc) is 3.02. The third-order valence-electron chi connectivity index (χ3n) is 4.09. The average molecular weight is 390 g/mol. The maximum Gasteiger partial charge on any atom is 0.272 e. The molecule has 0 saturated heterocycles. The third-order valence-corrected chi connectivity index (χ3v) is 4.84. The number of hydrogen-bond acceptors (Lipinski definition) is 6. The Bertz CT molecular complexity index is 795. The minimum absolute atomic E-state index is 0.135. The van der Waals surface area contributed by atoms with Crippen LogP contribution in [0.5, 0.6) is 0 Å². The number of aromatic nitrogens is 1. The van der Waals surface area contributed by atoms with Crippen LogP contribution in [0, 0.1) is 0 Å². The second kappa shape index (κ2) is 8.96. The summed E-state index contributed by atoms with van der Waals surface area (Å²) < 4.78 is 0. The number of hydrogen-bond donors (Lipinski definition) is 3. The molecule has 8 heteroatoms. The quantitative estimate of drug-likeness (QED) is 0.499. The highest BCUT2D eigenvalue weighted by atomic mass is 32.1. The molecule has 1 aromatic heterocycles. The first-order valence-corrected chi connectivity index (χ1v) is 9.77. The van der Waals surface area contributed by atoms with Crippen LogP contribution in [0.2, 0.25) is 0 Å². The van der Waals surface area contributed by atoms with Crippen molar-refractivity contribution in [2.24, 2.45) is 0 Å². The SMILES string of the molecule is CC(C)N(C(C)C)C(C)NC(=O)c1csc(NC(=O)c2cccc(N)c2)n1. The first-order chi connectivity index (χ1) is 12.7. The Morgan fingerprint density at radius 1 is 1.11 bits per heavy atom. The summed E-state index contributed by atoms with van der Waals surface area (Å²) in [5.74, 6) is -0.586. The fourth-order valence-corrected chi connectivity index (χ4v) is 3.80. The molecule has 0 aliphatic rings. The van der Waals surface area contributed by atoms with Gasteiger partial charge in [0.1, 0.15) is 5.69 Å².